The summed E-state index contributed by atoms with van der Waals surface area (Å²) in [6, 6.07) is 8.75. The van der Waals surface area contributed by atoms with E-state index in [-0.39, 0.29) is 39.8 Å². The number of hydrogen-bond acceptors (Lipinski definition) is 6. The highest BCUT2D eigenvalue weighted by Crippen LogP contribution is 2.44. The second-order valence-corrected chi connectivity index (χ2v) is 6.07. The minimum absolute atomic E-state index is 0.0932. The quantitative estimate of drug-likeness (QED) is 0.628. The number of ether oxygens (including phenoxy) is 2. The molecule has 29 heavy (non-hydrogen) atoms. The van der Waals surface area contributed by atoms with Gasteiger partial charge in [0.2, 0.25) is 11.6 Å². The lowest BCUT2D eigenvalue weighted by atomic mass is 9.99. The van der Waals surface area contributed by atoms with Crippen molar-refractivity contribution in [3.63, 3.8) is 0 Å². The van der Waals surface area contributed by atoms with Gasteiger partial charge in [-0.05, 0) is 42.3 Å². The van der Waals surface area contributed by atoms with E-state index in [0.717, 1.165) is 6.07 Å². The first-order valence-electron chi connectivity index (χ1n) is 8.21. The summed E-state index contributed by atoms with van der Waals surface area (Å²) in [7, 11) is 0. The normalized spacial score (nSPS) is 10.4. The Hall–Kier alpha value is -3.77. The largest absolute Gasteiger partial charge is 0.450 e. The van der Waals surface area contributed by atoms with Crippen LogP contribution in [0.5, 0.6) is 5.75 Å². The van der Waals surface area contributed by atoms with E-state index in [2.05, 4.69) is 5.32 Å². The number of amides is 2. The Balaban J connectivity index is 2.30. The van der Waals surface area contributed by atoms with Gasteiger partial charge in [0, 0.05) is 0 Å². The summed E-state index contributed by atoms with van der Waals surface area (Å²) in [5.74, 6) is -1.07. The molecule has 0 aliphatic heterocycles. The summed E-state index contributed by atoms with van der Waals surface area (Å²) in [6.45, 7) is 1.70. The second-order valence-electron chi connectivity index (χ2n) is 5.66. The van der Waals surface area contributed by atoms with E-state index in [0.29, 0.717) is 11.1 Å². The first-order chi connectivity index (χ1) is 13.8. The summed E-state index contributed by atoms with van der Waals surface area (Å²) >= 11 is 5.88. The molecule has 0 spiro atoms. The zero-order valence-electron chi connectivity index (χ0n) is 14.9. The van der Waals surface area contributed by atoms with Crippen molar-refractivity contribution in [2.24, 2.45) is 5.73 Å². The van der Waals surface area contributed by atoms with E-state index in [4.69, 9.17) is 31.2 Å². The summed E-state index contributed by atoms with van der Waals surface area (Å²) in [4.78, 5) is 23.2. The van der Waals surface area contributed by atoms with Crippen LogP contribution in [0.25, 0.3) is 22.1 Å². The molecule has 0 atom stereocenters. The number of hydrogen-bond donors (Lipinski definition) is 2. The van der Waals surface area contributed by atoms with Gasteiger partial charge in [-0.15, -0.1) is 0 Å². The van der Waals surface area contributed by atoms with Gasteiger partial charge in [-0.1, -0.05) is 17.7 Å². The van der Waals surface area contributed by atoms with Gasteiger partial charge in [-0.25, -0.2) is 14.0 Å². The van der Waals surface area contributed by atoms with Gasteiger partial charge in [-0.2, -0.15) is 5.26 Å². The van der Waals surface area contributed by atoms with Gasteiger partial charge in [0.05, 0.1) is 28.6 Å². The number of furan rings is 1. The highest BCUT2D eigenvalue weighted by Gasteiger charge is 2.24. The summed E-state index contributed by atoms with van der Waals surface area (Å²) in [6.07, 6.45) is -2.01. The Labute approximate surface area is 168 Å². The maximum absolute atomic E-state index is 13.6. The first kappa shape index (κ1) is 20.0. The maximum Gasteiger partial charge on any atom is 0.414 e. The molecule has 0 bridgehead atoms. The fraction of sp³-hybridized carbons (Fsp3) is 0.105. The van der Waals surface area contributed by atoms with Crippen LogP contribution in [-0.4, -0.2) is 18.8 Å². The average Bonchev–Trinajstić information content (AvgIpc) is 2.99. The van der Waals surface area contributed by atoms with Crippen molar-refractivity contribution in [2.75, 3.05) is 11.9 Å². The molecule has 1 aromatic heterocycles. The minimum atomic E-state index is -1.16. The number of anilines is 1. The topological polar surface area (TPSA) is 128 Å². The molecule has 3 N–H and O–H groups in total. The van der Waals surface area contributed by atoms with Gasteiger partial charge >= 0.3 is 12.2 Å². The Morgan fingerprint density at radius 3 is 2.72 bits per heavy atom. The molecule has 0 aliphatic carbocycles. The number of nitrogens with one attached hydrogen (secondary N) is 1. The fourth-order valence-corrected chi connectivity index (χ4v) is 2.88. The lowest BCUT2D eigenvalue weighted by molar-refractivity contribution is 0.167. The van der Waals surface area contributed by atoms with Crippen molar-refractivity contribution in [2.45, 2.75) is 6.92 Å². The minimum Gasteiger partial charge on any atom is -0.450 e. The molecule has 2 aromatic carbocycles. The molecule has 3 rings (SSSR count). The van der Waals surface area contributed by atoms with Crippen LogP contribution in [0.1, 0.15) is 12.5 Å². The third-order valence-corrected chi connectivity index (χ3v) is 4.09. The molecule has 2 amide bonds. The second kappa shape index (κ2) is 8.08. The van der Waals surface area contributed by atoms with Gasteiger partial charge in [0.1, 0.15) is 11.4 Å². The lowest BCUT2D eigenvalue weighted by Gasteiger charge is -2.08. The monoisotopic (exact) mass is 417 g/mol. The van der Waals surface area contributed by atoms with Gasteiger partial charge < -0.3 is 19.6 Å². The van der Waals surface area contributed by atoms with E-state index < -0.39 is 18.0 Å². The highest BCUT2D eigenvalue weighted by atomic mass is 35.5. The summed E-state index contributed by atoms with van der Waals surface area (Å²) < 4.78 is 29.0. The average molecular weight is 418 g/mol. The molecule has 0 saturated carbocycles. The van der Waals surface area contributed by atoms with Crippen LogP contribution in [0, 0.1) is 17.1 Å². The molecule has 0 radical (unpaired) electrons. The third kappa shape index (κ3) is 4.07. The van der Waals surface area contributed by atoms with Crippen molar-refractivity contribution in [3.8, 4) is 22.9 Å². The smallest absolute Gasteiger partial charge is 0.414 e. The Bertz CT molecular complexity index is 1170. The molecule has 0 saturated heterocycles. The van der Waals surface area contributed by atoms with Crippen LogP contribution in [-0.2, 0) is 4.74 Å². The number of benzene rings is 2. The predicted molar refractivity (Wildman–Crippen MR) is 102 cm³/mol. The number of nitrogens with zero attached hydrogens (tertiary/aromatic N) is 1. The van der Waals surface area contributed by atoms with Crippen LogP contribution in [0.15, 0.2) is 34.7 Å². The molecule has 0 unspecified atom stereocenters. The number of nitrogens with two attached hydrogens (primary N) is 1. The number of rotatable bonds is 4. The number of primary amides is 1. The van der Waals surface area contributed by atoms with Crippen LogP contribution in [0.4, 0.5) is 19.9 Å². The number of halogens is 2. The van der Waals surface area contributed by atoms with Gasteiger partial charge in [0.15, 0.2) is 0 Å². The molecule has 10 heteroatoms. The van der Waals surface area contributed by atoms with Crippen molar-refractivity contribution < 1.29 is 27.9 Å². The van der Waals surface area contributed by atoms with E-state index in [1.54, 1.807) is 6.92 Å². The van der Waals surface area contributed by atoms with Gasteiger partial charge in [0.25, 0.3) is 0 Å². The van der Waals surface area contributed by atoms with Crippen LogP contribution >= 0.6 is 11.6 Å². The lowest BCUT2D eigenvalue weighted by Crippen LogP contribution is -2.18. The molecule has 0 aliphatic rings. The van der Waals surface area contributed by atoms with Crippen molar-refractivity contribution in [1.29, 1.82) is 5.26 Å². The van der Waals surface area contributed by atoms with Crippen molar-refractivity contribution in [3.05, 3.63) is 46.7 Å². The summed E-state index contributed by atoms with van der Waals surface area (Å²) in [5.41, 5.74) is 6.23. The van der Waals surface area contributed by atoms with E-state index in [9.17, 15) is 19.2 Å². The van der Waals surface area contributed by atoms with E-state index >= 15 is 0 Å². The number of fused-ring (bicyclic) bond motifs is 1. The highest BCUT2D eigenvalue weighted by molar-refractivity contribution is 6.31. The third-order valence-electron chi connectivity index (χ3n) is 3.80. The van der Waals surface area contributed by atoms with Crippen LogP contribution in [0.2, 0.25) is 5.02 Å². The number of carbonyl (C=O) groups excluding carboxylic acids is 2. The number of nitriles is 1. The molecule has 148 valence electrons. The number of carbonyl (C=O) groups is 2. The van der Waals surface area contributed by atoms with Crippen molar-refractivity contribution in [1.82, 2.24) is 0 Å². The molecule has 1 heterocycles. The fourth-order valence-electron chi connectivity index (χ4n) is 2.70. The van der Waals surface area contributed by atoms with E-state index in [1.807, 2.05) is 6.07 Å². The molecular formula is C19H13ClFN3O5. The SMILES string of the molecule is CCOC(=O)Nc1oc2cc(C#N)cc(-c3ccc(F)c(Cl)c3)c2c1OC(N)=O. The zero-order chi connectivity index (χ0) is 21.1. The Morgan fingerprint density at radius 1 is 1.34 bits per heavy atom. The summed E-state index contributed by atoms with van der Waals surface area (Å²) in [5, 5.41) is 11.7. The molecule has 8 nitrogen and oxygen atoms in total. The van der Waals surface area contributed by atoms with Crippen LogP contribution in [0.3, 0.4) is 0 Å². The van der Waals surface area contributed by atoms with Crippen molar-refractivity contribution >= 4 is 40.6 Å². The first-order valence-corrected chi connectivity index (χ1v) is 8.59. The molecule has 3 aromatic rings. The Kier molecular flexibility index (Phi) is 5.57. The van der Waals surface area contributed by atoms with Crippen LogP contribution < -0.4 is 15.8 Å². The van der Waals surface area contributed by atoms with E-state index in [1.165, 1.54) is 24.3 Å². The zero-order valence-corrected chi connectivity index (χ0v) is 15.7. The molecule has 0 fully saturated rings. The molecular weight excluding hydrogens is 405 g/mol. The standard InChI is InChI=1S/C19H13ClFN3O5/c1-2-27-19(26)24-17-16(29-18(23)25)15-11(5-9(8-22)6-14(15)28-17)10-3-4-13(21)12(20)7-10/h3-7H,2H2,1H3,(H2,23,25)(H,24,26). The Morgan fingerprint density at radius 2 is 2.10 bits per heavy atom. The maximum atomic E-state index is 13.6. The van der Waals surface area contributed by atoms with Gasteiger partial charge in [-0.3, -0.25) is 5.32 Å². The predicted octanol–water partition coefficient (Wildman–Crippen LogP) is 4.79.